The van der Waals surface area contributed by atoms with Gasteiger partial charge in [-0.25, -0.2) is 4.68 Å². The molecule has 11 heteroatoms. The topological polar surface area (TPSA) is 74.0 Å². The van der Waals surface area contributed by atoms with E-state index in [2.05, 4.69) is 38.4 Å². The van der Waals surface area contributed by atoms with E-state index in [1.165, 1.54) is 29.7 Å². The highest BCUT2D eigenvalue weighted by Gasteiger charge is 2.39. The molecule has 1 aromatic carbocycles. The molecule has 0 aliphatic carbocycles. The van der Waals surface area contributed by atoms with E-state index in [1.54, 1.807) is 0 Å². The van der Waals surface area contributed by atoms with Gasteiger partial charge in [-0.05, 0) is 40.0 Å². The van der Waals surface area contributed by atoms with Gasteiger partial charge in [0.15, 0.2) is 12.4 Å². The number of ether oxygens (including phenoxy) is 1. The number of hydrogen-bond donors (Lipinski definition) is 1. The summed E-state index contributed by atoms with van der Waals surface area (Å²) < 4.78 is 46.3. The molecule has 0 bridgehead atoms. The summed E-state index contributed by atoms with van der Waals surface area (Å²) in [7, 11) is 1.26. The third-order valence-electron chi connectivity index (χ3n) is 4.06. The molecule has 7 nitrogen and oxygen atoms in total. The minimum absolute atomic E-state index is 0.106. The summed E-state index contributed by atoms with van der Waals surface area (Å²) in [6.45, 7) is 2.17. The second-order valence-corrected chi connectivity index (χ2v) is 6.92. The standard InChI is InChI=1S/C18H17BrF3N5O2/c1-3-11-4-6-13(7-5-11)29-10-27-9-12(8-23-27)24-17(28)15-14(19)16(18(20,21)22)25-26(15)2/h4-9H,3,10H2,1-2H3,(H,24,28). The lowest BCUT2D eigenvalue weighted by molar-refractivity contribution is -0.142. The maximum atomic E-state index is 12.9. The predicted molar refractivity (Wildman–Crippen MR) is 103 cm³/mol. The van der Waals surface area contributed by atoms with E-state index in [4.69, 9.17) is 4.74 Å². The van der Waals surface area contributed by atoms with Crippen LogP contribution in [0.15, 0.2) is 41.1 Å². The molecular weight excluding hydrogens is 455 g/mol. The number of carbonyl (C=O) groups excluding carboxylic acids is 1. The van der Waals surface area contributed by atoms with Crippen LogP contribution >= 0.6 is 15.9 Å². The zero-order valence-electron chi connectivity index (χ0n) is 15.5. The molecule has 3 rings (SSSR count). The normalized spacial score (nSPS) is 11.5. The van der Waals surface area contributed by atoms with Crippen LogP contribution in [0.2, 0.25) is 0 Å². The highest BCUT2D eigenvalue weighted by molar-refractivity contribution is 9.10. The van der Waals surface area contributed by atoms with Crippen molar-refractivity contribution >= 4 is 27.5 Å². The number of carbonyl (C=O) groups is 1. The molecule has 0 spiro atoms. The summed E-state index contributed by atoms with van der Waals surface area (Å²) in [6.07, 6.45) is -0.865. The molecule has 1 N–H and O–H groups in total. The fraction of sp³-hybridized carbons (Fsp3) is 0.278. The zero-order chi connectivity index (χ0) is 21.2. The maximum absolute atomic E-state index is 12.9. The van der Waals surface area contributed by atoms with Crippen molar-refractivity contribution in [2.45, 2.75) is 26.3 Å². The number of hydrogen-bond acceptors (Lipinski definition) is 4. The second-order valence-electron chi connectivity index (χ2n) is 6.13. The fourth-order valence-corrected chi connectivity index (χ4v) is 3.32. The Morgan fingerprint density at radius 1 is 1.28 bits per heavy atom. The lowest BCUT2D eigenvalue weighted by Gasteiger charge is -2.07. The Labute approximate surface area is 172 Å². The fourth-order valence-electron chi connectivity index (χ4n) is 2.58. The van der Waals surface area contributed by atoms with Gasteiger partial charge in [0, 0.05) is 7.05 Å². The lowest BCUT2D eigenvalue weighted by atomic mass is 10.2. The number of nitrogens with zero attached hydrogens (tertiary/aromatic N) is 4. The van der Waals surface area contributed by atoms with Gasteiger partial charge in [-0.2, -0.15) is 23.4 Å². The van der Waals surface area contributed by atoms with Crippen LogP contribution in [-0.2, 0) is 26.4 Å². The first kappa shape index (κ1) is 20.9. The van der Waals surface area contributed by atoms with Crippen molar-refractivity contribution in [1.29, 1.82) is 0 Å². The number of alkyl halides is 3. The summed E-state index contributed by atoms with van der Waals surface area (Å²) >= 11 is 2.81. The Morgan fingerprint density at radius 3 is 2.55 bits per heavy atom. The van der Waals surface area contributed by atoms with Crippen LogP contribution in [-0.4, -0.2) is 25.5 Å². The van der Waals surface area contributed by atoms with Crippen molar-refractivity contribution in [2.75, 3.05) is 5.32 Å². The highest BCUT2D eigenvalue weighted by Crippen LogP contribution is 2.35. The molecule has 3 aromatic rings. The number of benzene rings is 1. The van der Waals surface area contributed by atoms with E-state index in [-0.39, 0.29) is 12.4 Å². The Bertz CT molecular complexity index is 1010. The Balaban J connectivity index is 1.65. The van der Waals surface area contributed by atoms with Crippen LogP contribution < -0.4 is 10.1 Å². The quantitative estimate of drug-likeness (QED) is 0.583. The zero-order valence-corrected chi connectivity index (χ0v) is 17.1. The maximum Gasteiger partial charge on any atom is 0.436 e. The van der Waals surface area contributed by atoms with Crippen LogP contribution in [0.25, 0.3) is 0 Å². The molecular formula is C18H17BrF3N5O2. The van der Waals surface area contributed by atoms with Gasteiger partial charge in [-0.1, -0.05) is 19.1 Å². The molecule has 29 heavy (non-hydrogen) atoms. The first-order chi connectivity index (χ1) is 13.7. The van der Waals surface area contributed by atoms with E-state index in [9.17, 15) is 18.0 Å². The molecule has 1 amide bonds. The van der Waals surface area contributed by atoms with Crippen molar-refractivity contribution < 1.29 is 22.7 Å². The van der Waals surface area contributed by atoms with Gasteiger partial charge in [0.05, 0.1) is 22.6 Å². The molecule has 0 saturated carbocycles. The van der Waals surface area contributed by atoms with Crippen LogP contribution in [0.4, 0.5) is 18.9 Å². The molecule has 2 aromatic heterocycles. The van der Waals surface area contributed by atoms with E-state index >= 15 is 0 Å². The molecule has 0 radical (unpaired) electrons. The Hall–Kier alpha value is -2.82. The van der Waals surface area contributed by atoms with E-state index in [0.29, 0.717) is 11.4 Å². The van der Waals surface area contributed by atoms with Crippen molar-refractivity contribution in [2.24, 2.45) is 7.05 Å². The number of rotatable bonds is 6. The molecule has 0 fully saturated rings. The van der Waals surface area contributed by atoms with Crippen LogP contribution in [0.3, 0.4) is 0 Å². The van der Waals surface area contributed by atoms with Gasteiger partial charge in [0.25, 0.3) is 5.91 Å². The summed E-state index contributed by atoms with van der Waals surface area (Å²) in [6, 6.07) is 7.63. The van der Waals surface area contributed by atoms with Crippen molar-refractivity contribution in [3.63, 3.8) is 0 Å². The largest absolute Gasteiger partial charge is 0.471 e. The van der Waals surface area contributed by atoms with Gasteiger partial charge in [0.1, 0.15) is 11.4 Å². The average molecular weight is 472 g/mol. The molecule has 0 unspecified atom stereocenters. The SMILES string of the molecule is CCc1ccc(OCn2cc(NC(=O)c3c(Br)c(C(F)(F)F)nn3C)cn2)cc1. The molecule has 0 atom stereocenters. The van der Waals surface area contributed by atoms with Crippen molar-refractivity contribution in [1.82, 2.24) is 19.6 Å². The third-order valence-corrected chi connectivity index (χ3v) is 4.81. The number of anilines is 1. The summed E-state index contributed by atoms with van der Waals surface area (Å²) in [5, 5.41) is 9.93. The van der Waals surface area contributed by atoms with Crippen LogP contribution in [0.1, 0.15) is 28.7 Å². The van der Waals surface area contributed by atoms with Crippen molar-refractivity contribution in [3.05, 3.63) is 58.1 Å². The van der Waals surface area contributed by atoms with E-state index < -0.39 is 22.3 Å². The average Bonchev–Trinajstić information content (AvgIpc) is 3.23. The van der Waals surface area contributed by atoms with Gasteiger partial charge < -0.3 is 10.1 Å². The number of aromatic nitrogens is 4. The van der Waals surface area contributed by atoms with Gasteiger partial charge >= 0.3 is 6.18 Å². The molecule has 154 valence electrons. The number of nitrogens with one attached hydrogen (secondary N) is 1. The minimum atomic E-state index is -4.67. The molecule has 0 saturated heterocycles. The summed E-state index contributed by atoms with van der Waals surface area (Å²) in [5.74, 6) is -0.0835. The monoisotopic (exact) mass is 471 g/mol. The highest BCUT2D eigenvalue weighted by atomic mass is 79.9. The summed E-state index contributed by atoms with van der Waals surface area (Å²) in [5.41, 5.74) is 0.0821. The minimum Gasteiger partial charge on any atom is -0.471 e. The molecule has 0 aliphatic rings. The number of aryl methyl sites for hydroxylation is 2. The number of amides is 1. The van der Waals surface area contributed by atoms with Gasteiger partial charge in [-0.15, -0.1) is 0 Å². The first-order valence-electron chi connectivity index (χ1n) is 8.54. The lowest BCUT2D eigenvalue weighted by Crippen LogP contribution is -2.16. The Kier molecular flexibility index (Phi) is 5.96. The summed E-state index contributed by atoms with van der Waals surface area (Å²) in [4.78, 5) is 12.4. The van der Waals surface area contributed by atoms with E-state index in [1.807, 2.05) is 24.3 Å². The molecule has 0 aliphatic heterocycles. The number of halogens is 4. The van der Waals surface area contributed by atoms with Gasteiger partial charge in [0.2, 0.25) is 0 Å². The smallest absolute Gasteiger partial charge is 0.436 e. The third kappa shape index (κ3) is 4.78. The Morgan fingerprint density at radius 2 is 1.97 bits per heavy atom. The first-order valence-corrected chi connectivity index (χ1v) is 9.33. The van der Waals surface area contributed by atoms with Crippen molar-refractivity contribution in [3.8, 4) is 5.75 Å². The molecule has 2 heterocycles. The van der Waals surface area contributed by atoms with Crippen LogP contribution in [0.5, 0.6) is 5.75 Å². The van der Waals surface area contributed by atoms with Gasteiger partial charge in [-0.3, -0.25) is 9.48 Å². The van der Waals surface area contributed by atoms with E-state index in [0.717, 1.165) is 11.1 Å². The second kappa shape index (κ2) is 8.27. The predicted octanol–water partition coefficient (Wildman–Crippen LogP) is 4.25. The van der Waals surface area contributed by atoms with Crippen LogP contribution in [0, 0.1) is 0 Å².